The zero-order valence-electron chi connectivity index (χ0n) is 13.2. The number of fused-ring (bicyclic) bond motifs is 1. The molecule has 0 atom stereocenters. The van der Waals surface area contributed by atoms with Crippen molar-refractivity contribution in [2.75, 3.05) is 37.9 Å². The summed E-state index contributed by atoms with van der Waals surface area (Å²) in [7, 11) is 6.03. The molecule has 0 spiro atoms. The van der Waals surface area contributed by atoms with E-state index in [1.807, 2.05) is 43.3 Å². The quantitative estimate of drug-likeness (QED) is 0.906. The van der Waals surface area contributed by atoms with E-state index in [9.17, 15) is 4.79 Å². The van der Waals surface area contributed by atoms with Gasteiger partial charge in [-0.1, -0.05) is 0 Å². The van der Waals surface area contributed by atoms with Gasteiger partial charge >= 0.3 is 0 Å². The van der Waals surface area contributed by atoms with Gasteiger partial charge in [-0.05, 0) is 37.7 Å². The first-order chi connectivity index (χ1) is 10.5. The predicted molar refractivity (Wildman–Crippen MR) is 87.3 cm³/mol. The first-order valence-electron chi connectivity index (χ1n) is 7.38. The van der Waals surface area contributed by atoms with Gasteiger partial charge in [0.2, 0.25) is 0 Å². The molecule has 2 N–H and O–H groups in total. The van der Waals surface area contributed by atoms with Crippen LogP contribution < -0.4 is 10.2 Å². The van der Waals surface area contributed by atoms with Crippen molar-refractivity contribution in [3.05, 3.63) is 41.1 Å². The largest absolute Gasteiger partial charge is 0.378 e. The summed E-state index contributed by atoms with van der Waals surface area (Å²) < 4.78 is 0. The molecule has 22 heavy (non-hydrogen) atoms. The molecule has 2 aromatic rings. The first-order valence-corrected chi connectivity index (χ1v) is 7.38. The van der Waals surface area contributed by atoms with Gasteiger partial charge in [0, 0.05) is 44.0 Å². The molecular weight excluding hydrogens is 278 g/mol. The molecule has 1 aromatic heterocycles. The van der Waals surface area contributed by atoms with E-state index in [4.69, 9.17) is 0 Å². The van der Waals surface area contributed by atoms with Crippen molar-refractivity contribution in [2.24, 2.45) is 0 Å². The molecule has 0 aliphatic carbocycles. The monoisotopic (exact) mass is 299 g/mol. The van der Waals surface area contributed by atoms with Gasteiger partial charge < -0.3 is 15.1 Å². The van der Waals surface area contributed by atoms with Crippen molar-refractivity contribution in [1.82, 2.24) is 15.1 Å². The van der Waals surface area contributed by atoms with Crippen molar-refractivity contribution < 1.29 is 4.79 Å². The predicted octanol–water partition coefficient (Wildman–Crippen LogP) is 1.72. The van der Waals surface area contributed by atoms with Crippen molar-refractivity contribution in [2.45, 2.75) is 13.0 Å². The molecule has 2 heterocycles. The normalized spacial score (nSPS) is 14.5. The molecule has 3 rings (SSSR count). The smallest absolute Gasteiger partial charge is 0.256 e. The van der Waals surface area contributed by atoms with E-state index in [0.717, 1.165) is 36.5 Å². The number of hydrogen-bond acceptors (Lipinski definition) is 4. The number of carbonyl (C=O) groups excluding carboxylic acids is 1. The van der Waals surface area contributed by atoms with Gasteiger partial charge in [0.05, 0.1) is 5.69 Å². The average Bonchev–Trinajstić information content (AvgIpc) is 2.89. The summed E-state index contributed by atoms with van der Waals surface area (Å²) >= 11 is 0. The Labute approximate surface area is 130 Å². The molecule has 6 heteroatoms. The van der Waals surface area contributed by atoms with Gasteiger partial charge in [0.15, 0.2) is 5.82 Å². The number of likely N-dealkylation sites (N-methyl/N-ethyl adjacent to an activating group) is 1. The topological polar surface area (TPSA) is 64.3 Å². The molecule has 0 unspecified atom stereocenters. The van der Waals surface area contributed by atoms with E-state index >= 15 is 0 Å². The number of amides is 1. The molecule has 0 radical (unpaired) electrons. The Hall–Kier alpha value is -2.34. The molecule has 1 amide bonds. The van der Waals surface area contributed by atoms with E-state index in [1.54, 1.807) is 0 Å². The highest BCUT2D eigenvalue weighted by Crippen LogP contribution is 2.23. The molecule has 0 fully saturated rings. The summed E-state index contributed by atoms with van der Waals surface area (Å²) in [5, 5.41) is 10.2. The highest BCUT2D eigenvalue weighted by molar-refractivity contribution is 6.04. The second kappa shape index (κ2) is 5.81. The van der Waals surface area contributed by atoms with Crippen LogP contribution in [0.15, 0.2) is 24.3 Å². The average molecular weight is 299 g/mol. The third-order valence-corrected chi connectivity index (χ3v) is 4.00. The lowest BCUT2D eigenvalue weighted by Gasteiger charge is -2.21. The van der Waals surface area contributed by atoms with Gasteiger partial charge in [-0.2, -0.15) is 5.10 Å². The maximum atomic E-state index is 12.4. The van der Waals surface area contributed by atoms with Crippen LogP contribution in [0.3, 0.4) is 0 Å². The molecule has 116 valence electrons. The number of carbonyl (C=O) groups is 1. The zero-order chi connectivity index (χ0) is 15.7. The summed E-state index contributed by atoms with van der Waals surface area (Å²) in [6.07, 6.45) is 0.900. The van der Waals surface area contributed by atoms with Crippen LogP contribution in [-0.2, 0) is 13.0 Å². The molecule has 1 aliphatic rings. The van der Waals surface area contributed by atoms with E-state index < -0.39 is 0 Å². The lowest BCUT2D eigenvalue weighted by Crippen LogP contribution is -2.26. The van der Waals surface area contributed by atoms with Crippen molar-refractivity contribution in [1.29, 1.82) is 0 Å². The maximum Gasteiger partial charge on any atom is 0.256 e. The third-order valence-electron chi connectivity index (χ3n) is 4.00. The van der Waals surface area contributed by atoms with Gasteiger partial charge in [0.1, 0.15) is 0 Å². The zero-order valence-corrected chi connectivity index (χ0v) is 13.2. The molecule has 0 saturated heterocycles. The third kappa shape index (κ3) is 2.82. The van der Waals surface area contributed by atoms with Gasteiger partial charge in [-0.25, -0.2) is 0 Å². The van der Waals surface area contributed by atoms with E-state index in [2.05, 4.69) is 27.5 Å². The second-order valence-electron chi connectivity index (χ2n) is 5.91. The number of rotatable bonds is 3. The number of hydrogen-bond donors (Lipinski definition) is 2. The Bertz CT molecular complexity index is 674. The molecule has 0 saturated carbocycles. The van der Waals surface area contributed by atoms with Gasteiger partial charge in [-0.15, -0.1) is 0 Å². The van der Waals surface area contributed by atoms with E-state index in [-0.39, 0.29) is 5.91 Å². The summed E-state index contributed by atoms with van der Waals surface area (Å²) in [5.41, 5.74) is 3.91. The van der Waals surface area contributed by atoms with E-state index in [0.29, 0.717) is 11.4 Å². The number of anilines is 2. The van der Waals surface area contributed by atoms with Crippen molar-refractivity contribution in [3.63, 3.8) is 0 Å². The van der Waals surface area contributed by atoms with Crippen LogP contribution in [0.5, 0.6) is 0 Å². The number of nitrogens with one attached hydrogen (secondary N) is 2. The summed E-state index contributed by atoms with van der Waals surface area (Å²) in [4.78, 5) is 16.6. The Morgan fingerprint density at radius 3 is 2.73 bits per heavy atom. The number of benzene rings is 1. The Morgan fingerprint density at radius 1 is 1.32 bits per heavy atom. The molecular formula is C16H21N5O. The highest BCUT2D eigenvalue weighted by Gasteiger charge is 2.21. The fraction of sp³-hybridized carbons (Fsp3) is 0.375. The lowest BCUT2D eigenvalue weighted by atomic mass is 10.1. The molecule has 0 bridgehead atoms. The van der Waals surface area contributed by atoms with Crippen molar-refractivity contribution >= 4 is 17.4 Å². The fourth-order valence-corrected chi connectivity index (χ4v) is 2.65. The van der Waals surface area contributed by atoms with Crippen LogP contribution in [0.25, 0.3) is 0 Å². The summed E-state index contributed by atoms with van der Waals surface area (Å²) in [6.45, 7) is 1.82. The number of nitrogens with zero attached hydrogens (tertiary/aromatic N) is 3. The summed E-state index contributed by atoms with van der Waals surface area (Å²) in [5.74, 6) is 0.531. The second-order valence-corrected chi connectivity index (χ2v) is 5.91. The minimum Gasteiger partial charge on any atom is -0.378 e. The minimum atomic E-state index is -0.126. The number of H-pyrrole nitrogens is 1. The van der Waals surface area contributed by atoms with Crippen LogP contribution in [0, 0.1) is 0 Å². The molecule has 1 aromatic carbocycles. The van der Waals surface area contributed by atoms with Crippen LogP contribution in [0.4, 0.5) is 11.5 Å². The highest BCUT2D eigenvalue weighted by atomic mass is 16.1. The standard InChI is InChI=1S/C16H21N5O/c1-20(2)12-6-4-11(5-7-12)16(22)17-15-13-8-9-21(3)10-14(13)18-19-15/h4-7H,8-10H2,1-3H3,(H2,17,18,19,22). The molecule has 6 nitrogen and oxygen atoms in total. The fourth-order valence-electron chi connectivity index (χ4n) is 2.65. The van der Waals surface area contributed by atoms with Crippen molar-refractivity contribution in [3.8, 4) is 0 Å². The number of aromatic nitrogens is 2. The van der Waals surface area contributed by atoms with Crippen LogP contribution in [-0.4, -0.2) is 48.7 Å². The van der Waals surface area contributed by atoms with Crippen LogP contribution >= 0.6 is 0 Å². The minimum absolute atomic E-state index is 0.126. The Balaban J connectivity index is 1.75. The van der Waals surface area contributed by atoms with Gasteiger partial charge in [-0.3, -0.25) is 9.89 Å². The number of aromatic amines is 1. The van der Waals surface area contributed by atoms with E-state index in [1.165, 1.54) is 0 Å². The Kier molecular flexibility index (Phi) is 3.85. The summed E-state index contributed by atoms with van der Waals surface area (Å²) in [6, 6.07) is 7.53. The molecule has 1 aliphatic heterocycles. The van der Waals surface area contributed by atoms with Gasteiger partial charge in [0.25, 0.3) is 5.91 Å². The Morgan fingerprint density at radius 2 is 2.05 bits per heavy atom. The maximum absolute atomic E-state index is 12.4. The van der Waals surface area contributed by atoms with Crippen LogP contribution in [0.2, 0.25) is 0 Å². The lowest BCUT2D eigenvalue weighted by molar-refractivity contribution is 0.102. The van der Waals surface area contributed by atoms with Crippen LogP contribution in [0.1, 0.15) is 21.6 Å². The first kappa shape index (κ1) is 14.6. The SMILES string of the molecule is CN1CCc2c(NC(=O)c3ccc(N(C)C)cc3)n[nH]c2C1.